The van der Waals surface area contributed by atoms with Crippen molar-refractivity contribution in [3.8, 4) is 5.75 Å². The van der Waals surface area contributed by atoms with Crippen LogP contribution in [0, 0.1) is 6.92 Å². The standard InChI is InChI=1S/C22H29NO2S/c1-17-6-5-7-18(14-17)16-26-13-12-23-21(24)15-25-20-10-8-19(9-11-20)22(2,3)4/h5-11,14H,12-13,15-16H2,1-4H3,(H,23,24). The van der Waals surface area contributed by atoms with Crippen molar-refractivity contribution in [3.63, 3.8) is 0 Å². The number of carbonyl (C=O) groups excluding carboxylic acids is 1. The second-order valence-electron chi connectivity index (χ2n) is 7.45. The summed E-state index contributed by atoms with van der Waals surface area (Å²) in [5.41, 5.74) is 3.97. The Labute approximate surface area is 161 Å². The predicted octanol–water partition coefficient (Wildman–Crippen LogP) is 4.72. The molecule has 0 radical (unpaired) electrons. The van der Waals surface area contributed by atoms with Crippen molar-refractivity contribution in [1.29, 1.82) is 0 Å². The molecule has 26 heavy (non-hydrogen) atoms. The Morgan fingerprint density at radius 2 is 1.85 bits per heavy atom. The van der Waals surface area contributed by atoms with Crippen LogP contribution in [-0.4, -0.2) is 24.8 Å². The first-order valence-electron chi connectivity index (χ1n) is 8.98. The van der Waals surface area contributed by atoms with Crippen LogP contribution in [-0.2, 0) is 16.0 Å². The van der Waals surface area contributed by atoms with E-state index in [1.54, 1.807) is 0 Å². The number of carbonyl (C=O) groups is 1. The van der Waals surface area contributed by atoms with Gasteiger partial charge in [-0.25, -0.2) is 0 Å². The molecule has 0 heterocycles. The summed E-state index contributed by atoms with van der Waals surface area (Å²) in [7, 11) is 0. The first-order valence-corrected chi connectivity index (χ1v) is 10.1. The van der Waals surface area contributed by atoms with E-state index in [1.165, 1.54) is 16.7 Å². The molecule has 0 unspecified atom stereocenters. The van der Waals surface area contributed by atoms with E-state index in [0.717, 1.165) is 17.3 Å². The molecule has 140 valence electrons. The van der Waals surface area contributed by atoms with Crippen LogP contribution in [0.25, 0.3) is 0 Å². The van der Waals surface area contributed by atoms with Crippen molar-refractivity contribution < 1.29 is 9.53 Å². The lowest BCUT2D eigenvalue weighted by atomic mass is 9.87. The molecule has 2 aromatic rings. The van der Waals surface area contributed by atoms with Crippen LogP contribution in [0.3, 0.4) is 0 Å². The van der Waals surface area contributed by atoms with Gasteiger partial charge in [0.15, 0.2) is 6.61 Å². The minimum atomic E-state index is -0.0824. The van der Waals surface area contributed by atoms with Gasteiger partial charge in [-0.2, -0.15) is 11.8 Å². The molecule has 0 bridgehead atoms. The topological polar surface area (TPSA) is 38.3 Å². The summed E-state index contributed by atoms with van der Waals surface area (Å²) in [6.07, 6.45) is 0. The molecule has 0 atom stereocenters. The lowest BCUT2D eigenvalue weighted by Gasteiger charge is -2.19. The van der Waals surface area contributed by atoms with Crippen LogP contribution in [0.15, 0.2) is 48.5 Å². The Hall–Kier alpha value is -1.94. The number of ether oxygens (including phenoxy) is 1. The molecule has 0 aromatic heterocycles. The second kappa shape index (κ2) is 9.67. The number of rotatable bonds is 8. The van der Waals surface area contributed by atoms with E-state index < -0.39 is 0 Å². The molecule has 0 spiro atoms. The van der Waals surface area contributed by atoms with E-state index >= 15 is 0 Å². The monoisotopic (exact) mass is 371 g/mol. The molecule has 0 fully saturated rings. The highest BCUT2D eigenvalue weighted by molar-refractivity contribution is 7.98. The van der Waals surface area contributed by atoms with Crippen LogP contribution < -0.4 is 10.1 Å². The van der Waals surface area contributed by atoms with Crippen LogP contribution in [0.1, 0.15) is 37.5 Å². The average molecular weight is 372 g/mol. The van der Waals surface area contributed by atoms with Gasteiger partial charge in [-0.15, -0.1) is 0 Å². The molecule has 1 N–H and O–H groups in total. The van der Waals surface area contributed by atoms with Crippen molar-refractivity contribution in [2.24, 2.45) is 0 Å². The fourth-order valence-electron chi connectivity index (χ4n) is 2.51. The maximum Gasteiger partial charge on any atom is 0.257 e. The quantitative estimate of drug-likeness (QED) is 0.682. The summed E-state index contributed by atoms with van der Waals surface area (Å²) in [5, 5.41) is 2.90. The van der Waals surface area contributed by atoms with Crippen molar-refractivity contribution in [2.75, 3.05) is 18.9 Å². The number of hydrogen-bond donors (Lipinski definition) is 1. The molecule has 2 rings (SSSR count). The van der Waals surface area contributed by atoms with E-state index in [0.29, 0.717) is 6.54 Å². The van der Waals surface area contributed by atoms with Gasteiger partial charge in [0, 0.05) is 18.1 Å². The molecule has 0 aliphatic heterocycles. The minimum Gasteiger partial charge on any atom is -0.484 e. The van der Waals surface area contributed by atoms with Crippen LogP contribution >= 0.6 is 11.8 Å². The maximum atomic E-state index is 11.9. The highest BCUT2D eigenvalue weighted by atomic mass is 32.2. The summed E-state index contributed by atoms with van der Waals surface area (Å²) >= 11 is 1.82. The van der Waals surface area contributed by atoms with E-state index in [-0.39, 0.29) is 17.9 Å². The molecule has 0 saturated heterocycles. The van der Waals surface area contributed by atoms with Crippen molar-refractivity contribution in [1.82, 2.24) is 5.32 Å². The van der Waals surface area contributed by atoms with E-state index in [1.807, 2.05) is 23.9 Å². The maximum absolute atomic E-state index is 11.9. The van der Waals surface area contributed by atoms with Crippen LogP contribution in [0.2, 0.25) is 0 Å². The van der Waals surface area contributed by atoms with Gasteiger partial charge in [-0.05, 0) is 35.6 Å². The highest BCUT2D eigenvalue weighted by Gasteiger charge is 2.13. The SMILES string of the molecule is Cc1cccc(CSCCNC(=O)COc2ccc(C(C)(C)C)cc2)c1. The van der Waals surface area contributed by atoms with Gasteiger partial charge in [0.05, 0.1) is 0 Å². The van der Waals surface area contributed by atoms with Crippen LogP contribution in [0.5, 0.6) is 5.75 Å². The van der Waals surface area contributed by atoms with Gasteiger partial charge >= 0.3 is 0 Å². The Bertz CT molecular complexity index is 705. The fourth-order valence-corrected chi connectivity index (χ4v) is 3.31. The largest absolute Gasteiger partial charge is 0.484 e. The Morgan fingerprint density at radius 3 is 2.50 bits per heavy atom. The first kappa shape index (κ1) is 20.4. The number of hydrogen-bond acceptors (Lipinski definition) is 3. The molecule has 1 amide bonds. The Kier molecular flexibility index (Phi) is 7.58. The zero-order valence-electron chi connectivity index (χ0n) is 16.2. The first-order chi connectivity index (χ1) is 12.3. The van der Waals surface area contributed by atoms with Crippen molar-refractivity contribution in [2.45, 2.75) is 38.9 Å². The van der Waals surface area contributed by atoms with Crippen molar-refractivity contribution in [3.05, 3.63) is 65.2 Å². The van der Waals surface area contributed by atoms with E-state index in [4.69, 9.17) is 4.74 Å². The fraction of sp³-hybridized carbons (Fsp3) is 0.409. The van der Waals surface area contributed by atoms with E-state index in [9.17, 15) is 4.79 Å². The average Bonchev–Trinajstić information content (AvgIpc) is 2.59. The highest BCUT2D eigenvalue weighted by Crippen LogP contribution is 2.24. The van der Waals surface area contributed by atoms with E-state index in [2.05, 4.69) is 69.4 Å². The Morgan fingerprint density at radius 1 is 1.12 bits per heavy atom. The second-order valence-corrected chi connectivity index (χ2v) is 8.56. The zero-order valence-corrected chi connectivity index (χ0v) is 17.0. The minimum absolute atomic E-state index is 0.0530. The summed E-state index contributed by atoms with van der Waals surface area (Å²) in [6, 6.07) is 16.5. The smallest absolute Gasteiger partial charge is 0.257 e. The molecule has 4 heteroatoms. The molecular formula is C22H29NO2S. The number of thioether (sulfide) groups is 1. The molecule has 2 aromatic carbocycles. The number of benzene rings is 2. The summed E-state index contributed by atoms with van der Waals surface area (Å²) in [6.45, 7) is 9.33. The number of amides is 1. The normalized spacial score (nSPS) is 11.2. The third-order valence-corrected chi connectivity index (χ3v) is 5.04. The summed E-state index contributed by atoms with van der Waals surface area (Å²) in [4.78, 5) is 11.9. The van der Waals surface area contributed by atoms with Crippen LogP contribution in [0.4, 0.5) is 0 Å². The van der Waals surface area contributed by atoms with Gasteiger partial charge in [0.2, 0.25) is 0 Å². The van der Waals surface area contributed by atoms with Gasteiger partial charge in [0.25, 0.3) is 5.91 Å². The lowest BCUT2D eigenvalue weighted by Crippen LogP contribution is -2.30. The summed E-state index contributed by atoms with van der Waals surface area (Å²) < 4.78 is 5.56. The van der Waals surface area contributed by atoms with Gasteiger partial charge in [-0.3, -0.25) is 4.79 Å². The molecule has 3 nitrogen and oxygen atoms in total. The third-order valence-electron chi connectivity index (χ3n) is 4.01. The Balaban J connectivity index is 1.61. The zero-order chi connectivity index (χ0) is 19.0. The van der Waals surface area contributed by atoms with Gasteiger partial charge in [0.1, 0.15) is 5.75 Å². The lowest BCUT2D eigenvalue weighted by molar-refractivity contribution is -0.122. The molecule has 0 saturated carbocycles. The van der Waals surface area contributed by atoms with Crippen molar-refractivity contribution >= 4 is 17.7 Å². The molecule has 0 aliphatic carbocycles. The third kappa shape index (κ3) is 7.12. The number of aryl methyl sites for hydroxylation is 1. The van der Waals surface area contributed by atoms with Gasteiger partial charge in [-0.1, -0.05) is 62.7 Å². The summed E-state index contributed by atoms with van der Waals surface area (Å²) in [5.74, 6) is 2.50. The van der Waals surface area contributed by atoms with Gasteiger partial charge < -0.3 is 10.1 Å². The molecule has 0 aliphatic rings. The predicted molar refractivity (Wildman–Crippen MR) is 111 cm³/mol. The molecular weight excluding hydrogens is 342 g/mol. The number of nitrogens with one attached hydrogen (secondary N) is 1.